The number of aryl methyl sites for hydroxylation is 1. The van der Waals surface area contributed by atoms with Crippen molar-refractivity contribution in [1.82, 2.24) is 24.7 Å². The van der Waals surface area contributed by atoms with Crippen molar-refractivity contribution >= 4 is 33.3 Å². The predicted octanol–water partition coefficient (Wildman–Crippen LogP) is 1.52. The lowest BCUT2D eigenvalue weighted by Crippen LogP contribution is -2.10. The number of hydrogen-bond donors (Lipinski definition) is 2. The third kappa shape index (κ3) is 2.42. The Morgan fingerprint density at radius 1 is 1.35 bits per heavy atom. The highest BCUT2D eigenvalue weighted by atomic mass is 32.1. The van der Waals surface area contributed by atoms with Crippen LogP contribution in [0.4, 0.5) is 11.8 Å². The van der Waals surface area contributed by atoms with Crippen LogP contribution in [0, 0.1) is 0 Å². The average Bonchev–Trinajstić information content (AvgIpc) is 3.07. The van der Waals surface area contributed by atoms with E-state index in [-0.39, 0.29) is 0 Å². The van der Waals surface area contributed by atoms with Crippen LogP contribution in [-0.2, 0) is 13.5 Å². The third-order valence-electron chi connectivity index (χ3n) is 2.99. The summed E-state index contributed by atoms with van der Waals surface area (Å²) in [5, 5.41) is 17.3. The summed E-state index contributed by atoms with van der Waals surface area (Å²) in [6.07, 6.45) is 2.50. The van der Waals surface area contributed by atoms with Crippen molar-refractivity contribution in [3.8, 4) is 0 Å². The molecule has 0 bridgehead atoms. The van der Waals surface area contributed by atoms with Gasteiger partial charge < -0.3 is 15.2 Å². The van der Waals surface area contributed by atoms with Gasteiger partial charge in [0.05, 0.1) is 5.39 Å². The second-order valence-electron chi connectivity index (χ2n) is 4.32. The maximum Gasteiger partial charge on any atom is 0.225 e. The Kier molecular flexibility index (Phi) is 3.46. The van der Waals surface area contributed by atoms with Crippen molar-refractivity contribution in [1.29, 1.82) is 0 Å². The molecule has 0 spiro atoms. The van der Waals surface area contributed by atoms with Crippen LogP contribution in [0.2, 0.25) is 0 Å². The minimum Gasteiger partial charge on any atom is -0.369 e. The lowest BCUT2D eigenvalue weighted by Gasteiger charge is -2.08. The van der Waals surface area contributed by atoms with Crippen molar-refractivity contribution in [3.05, 3.63) is 23.6 Å². The first kappa shape index (κ1) is 12.8. The second kappa shape index (κ2) is 5.41. The lowest BCUT2D eigenvalue weighted by molar-refractivity contribution is 0.787. The normalized spacial score (nSPS) is 10.9. The summed E-state index contributed by atoms with van der Waals surface area (Å²) in [7, 11) is 3.76. The Balaban J connectivity index is 1.76. The SMILES string of the molecule is CNc1nc(NCCc2nncn2C)c2ccsc2n1. The number of aromatic nitrogens is 5. The smallest absolute Gasteiger partial charge is 0.225 e. The Bertz CT molecular complexity index is 717. The number of nitrogens with zero attached hydrogens (tertiary/aromatic N) is 5. The molecule has 0 aliphatic rings. The summed E-state index contributed by atoms with van der Waals surface area (Å²) in [4.78, 5) is 9.86. The van der Waals surface area contributed by atoms with Gasteiger partial charge in [-0.3, -0.25) is 0 Å². The van der Waals surface area contributed by atoms with E-state index in [4.69, 9.17) is 0 Å². The summed E-state index contributed by atoms with van der Waals surface area (Å²) in [6.45, 7) is 0.748. The monoisotopic (exact) mass is 289 g/mol. The number of hydrogen-bond acceptors (Lipinski definition) is 7. The standard InChI is InChI=1S/C12H15N7S/c1-13-12-16-10(8-4-6-20-11(8)17-12)14-5-3-9-18-15-7-19(9)2/h4,6-7H,3,5H2,1-2H3,(H2,13,14,16,17). The summed E-state index contributed by atoms with van der Waals surface area (Å²) in [5.74, 6) is 2.42. The molecule has 20 heavy (non-hydrogen) atoms. The van der Waals surface area contributed by atoms with Crippen LogP contribution in [0.15, 0.2) is 17.8 Å². The van der Waals surface area contributed by atoms with Gasteiger partial charge in [-0.2, -0.15) is 4.98 Å². The molecule has 0 atom stereocenters. The molecule has 0 unspecified atom stereocenters. The summed E-state index contributed by atoms with van der Waals surface area (Å²) in [6, 6.07) is 2.03. The van der Waals surface area contributed by atoms with Crippen molar-refractivity contribution < 1.29 is 0 Å². The molecular formula is C12H15N7S. The molecular weight excluding hydrogens is 274 g/mol. The molecule has 0 saturated heterocycles. The number of thiophene rings is 1. The van der Waals surface area contributed by atoms with Crippen LogP contribution in [0.5, 0.6) is 0 Å². The topological polar surface area (TPSA) is 80.5 Å². The zero-order chi connectivity index (χ0) is 13.9. The molecule has 0 saturated carbocycles. The van der Waals surface area contributed by atoms with E-state index in [0.29, 0.717) is 5.95 Å². The van der Waals surface area contributed by atoms with Crippen LogP contribution < -0.4 is 10.6 Å². The van der Waals surface area contributed by atoms with E-state index in [1.165, 1.54) is 0 Å². The first-order valence-electron chi connectivity index (χ1n) is 6.27. The molecule has 0 radical (unpaired) electrons. The van der Waals surface area contributed by atoms with Gasteiger partial charge in [0.25, 0.3) is 0 Å². The Morgan fingerprint density at radius 2 is 2.25 bits per heavy atom. The Morgan fingerprint density at radius 3 is 3.00 bits per heavy atom. The van der Waals surface area contributed by atoms with Crippen molar-refractivity contribution in [3.63, 3.8) is 0 Å². The van der Waals surface area contributed by atoms with Gasteiger partial charge >= 0.3 is 0 Å². The summed E-state index contributed by atoms with van der Waals surface area (Å²) >= 11 is 1.61. The van der Waals surface area contributed by atoms with Gasteiger partial charge in [0.2, 0.25) is 5.95 Å². The quantitative estimate of drug-likeness (QED) is 0.741. The number of fused-ring (bicyclic) bond motifs is 1. The van der Waals surface area contributed by atoms with Crippen LogP contribution in [0.1, 0.15) is 5.82 Å². The minimum atomic E-state index is 0.626. The number of rotatable bonds is 5. The molecule has 3 rings (SSSR count). The first-order valence-corrected chi connectivity index (χ1v) is 7.15. The molecule has 0 fully saturated rings. The second-order valence-corrected chi connectivity index (χ2v) is 5.21. The van der Waals surface area contributed by atoms with Crippen LogP contribution >= 0.6 is 11.3 Å². The fourth-order valence-electron chi connectivity index (χ4n) is 1.93. The predicted molar refractivity (Wildman–Crippen MR) is 80.2 cm³/mol. The van der Waals surface area contributed by atoms with Crippen LogP contribution in [0.25, 0.3) is 10.2 Å². The Labute approximate surface area is 120 Å². The average molecular weight is 289 g/mol. The lowest BCUT2D eigenvalue weighted by atomic mass is 10.3. The number of anilines is 2. The van der Waals surface area contributed by atoms with Crippen LogP contribution in [0.3, 0.4) is 0 Å². The van der Waals surface area contributed by atoms with Gasteiger partial charge in [-0.15, -0.1) is 21.5 Å². The molecule has 7 nitrogen and oxygen atoms in total. The zero-order valence-corrected chi connectivity index (χ0v) is 12.1. The molecule has 0 aliphatic heterocycles. The van der Waals surface area contributed by atoms with Gasteiger partial charge in [-0.05, 0) is 11.4 Å². The molecule has 3 heterocycles. The van der Waals surface area contributed by atoms with Gasteiger partial charge in [0.1, 0.15) is 22.8 Å². The summed E-state index contributed by atoms with van der Waals surface area (Å²) < 4.78 is 1.92. The molecule has 0 amide bonds. The number of nitrogens with one attached hydrogen (secondary N) is 2. The van der Waals surface area contributed by atoms with Gasteiger partial charge in [-0.25, -0.2) is 4.98 Å². The summed E-state index contributed by atoms with van der Waals surface area (Å²) in [5.41, 5.74) is 0. The van der Waals surface area contributed by atoms with E-state index in [9.17, 15) is 0 Å². The van der Waals surface area contributed by atoms with E-state index in [1.807, 2.05) is 30.1 Å². The van der Waals surface area contributed by atoms with Gasteiger partial charge in [-0.1, -0.05) is 0 Å². The fourth-order valence-corrected chi connectivity index (χ4v) is 2.69. The molecule has 3 aromatic heterocycles. The van der Waals surface area contributed by atoms with Gasteiger partial charge in [0.15, 0.2) is 0 Å². The first-order chi connectivity index (χ1) is 9.78. The molecule has 8 heteroatoms. The zero-order valence-electron chi connectivity index (χ0n) is 11.3. The van der Waals surface area contributed by atoms with E-state index in [2.05, 4.69) is 30.8 Å². The van der Waals surface area contributed by atoms with E-state index in [0.717, 1.165) is 34.8 Å². The van der Waals surface area contributed by atoms with Gasteiger partial charge in [0, 0.05) is 27.1 Å². The fraction of sp³-hybridized carbons (Fsp3) is 0.333. The largest absolute Gasteiger partial charge is 0.369 e. The molecule has 2 N–H and O–H groups in total. The molecule has 104 valence electrons. The maximum atomic E-state index is 4.46. The Hall–Kier alpha value is -2.22. The van der Waals surface area contributed by atoms with E-state index >= 15 is 0 Å². The highest BCUT2D eigenvalue weighted by molar-refractivity contribution is 7.16. The van der Waals surface area contributed by atoms with E-state index < -0.39 is 0 Å². The maximum absolute atomic E-state index is 4.46. The molecule has 3 aromatic rings. The van der Waals surface area contributed by atoms with E-state index in [1.54, 1.807) is 17.7 Å². The minimum absolute atomic E-state index is 0.626. The van der Waals surface area contributed by atoms with Crippen molar-refractivity contribution in [2.45, 2.75) is 6.42 Å². The van der Waals surface area contributed by atoms with Crippen LogP contribution in [-0.4, -0.2) is 38.3 Å². The highest BCUT2D eigenvalue weighted by Crippen LogP contribution is 2.26. The highest BCUT2D eigenvalue weighted by Gasteiger charge is 2.08. The van der Waals surface area contributed by atoms with Crippen molar-refractivity contribution in [2.75, 3.05) is 24.2 Å². The van der Waals surface area contributed by atoms with Crippen molar-refractivity contribution in [2.24, 2.45) is 7.05 Å². The third-order valence-corrected chi connectivity index (χ3v) is 3.80. The molecule has 0 aliphatic carbocycles. The molecule has 0 aromatic carbocycles.